The van der Waals surface area contributed by atoms with Gasteiger partial charge in [-0.2, -0.15) is 0 Å². The van der Waals surface area contributed by atoms with Crippen molar-refractivity contribution in [1.82, 2.24) is 0 Å². The van der Waals surface area contributed by atoms with Crippen LogP contribution in [0.15, 0.2) is 90.8 Å². The standard InChI is InChI=1S/C24H26O4/c1-15(2)19(6)13-21(8)27-23(25)17(4)9-10-18(5)24(26)28-22-12-11-16(3)20(7)14-22/h9-14H,1,4-5,8H2,2-3,6-7H3/b10-9-,19-13-. The lowest BCUT2D eigenvalue weighted by Gasteiger charge is -2.07. The van der Waals surface area contributed by atoms with Gasteiger partial charge in [0, 0.05) is 0 Å². The van der Waals surface area contributed by atoms with Gasteiger partial charge < -0.3 is 9.47 Å². The Morgan fingerprint density at radius 3 is 2.00 bits per heavy atom. The molecule has 0 atom stereocenters. The molecule has 146 valence electrons. The molecule has 0 amide bonds. The van der Waals surface area contributed by atoms with Crippen molar-refractivity contribution < 1.29 is 19.1 Å². The minimum atomic E-state index is -0.678. The van der Waals surface area contributed by atoms with E-state index in [9.17, 15) is 9.59 Å². The zero-order valence-electron chi connectivity index (χ0n) is 16.9. The first kappa shape index (κ1) is 22.6. The average Bonchev–Trinajstić information content (AvgIpc) is 2.61. The van der Waals surface area contributed by atoms with Crippen LogP contribution in [0.1, 0.15) is 25.0 Å². The van der Waals surface area contributed by atoms with Gasteiger partial charge in [0.15, 0.2) is 0 Å². The molecular formula is C24H26O4. The Morgan fingerprint density at radius 1 is 0.893 bits per heavy atom. The summed E-state index contributed by atoms with van der Waals surface area (Å²) in [6.45, 7) is 22.3. The second-order valence-electron chi connectivity index (χ2n) is 6.48. The Labute approximate surface area is 166 Å². The summed E-state index contributed by atoms with van der Waals surface area (Å²) < 4.78 is 10.4. The lowest BCUT2D eigenvalue weighted by molar-refractivity contribution is -0.134. The van der Waals surface area contributed by atoms with Gasteiger partial charge in [0.05, 0.1) is 11.1 Å². The molecular weight excluding hydrogens is 352 g/mol. The summed E-state index contributed by atoms with van der Waals surface area (Å²) in [7, 11) is 0. The van der Waals surface area contributed by atoms with Crippen molar-refractivity contribution in [3.8, 4) is 5.75 Å². The number of rotatable bonds is 8. The molecule has 0 aromatic heterocycles. The highest BCUT2D eigenvalue weighted by Gasteiger charge is 2.11. The van der Waals surface area contributed by atoms with Crippen LogP contribution in [0.5, 0.6) is 5.75 Å². The summed E-state index contributed by atoms with van der Waals surface area (Å²) >= 11 is 0. The first-order chi connectivity index (χ1) is 13.0. The van der Waals surface area contributed by atoms with Gasteiger partial charge >= 0.3 is 11.9 Å². The highest BCUT2D eigenvalue weighted by Crippen LogP contribution is 2.18. The largest absolute Gasteiger partial charge is 0.424 e. The van der Waals surface area contributed by atoms with E-state index in [4.69, 9.17) is 9.47 Å². The smallest absolute Gasteiger partial charge is 0.342 e. The predicted octanol–water partition coefficient (Wildman–Crippen LogP) is 5.46. The maximum atomic E-state index is 12.1. The van der Waals surface area contributed by atoms with E-state index in [0.717, 1.165) is 22.3 Å². The van der Waals surface area contributed by atoms with E-state index in [0.29, 0.717) is 5.75 Å². The summed E-state index contributed by atoms with van der Waals surface area (Å²) in [6, 6.07) is 5.34. The Kier molecular flexibility index (Phi) is 8.14. The Morgan fingerprint density at radius 2 is 1.46 bits per heavy atom. The van der Waals surface area contributed by atoms with E-state index in [2.05, 4.69) is 26.3 Å². The third kappa shape index (κ3) is 7.08. The van der Waals surface area contributed by atoms with Crippen LogP contribution in [-0.4, -0.2) is 11.9 Å². The van der Waals surface area contributed by atoms with Crippen molar-refractivity contribution in [2.24, 2.45) is 0 Å². The van der Waals surface area contributed by atoms with E-state index in [1.807, 2.05) is 33.8 Å². The second-order valence-corrected chi connectivity index (χ2v) is 6.48. The molecule has 1 rings (SSSR count). The van der Waals surface area contributed by atoms with Gasteiger partial charge in [-0.3, -0.25) is 0 Å². The monoisotopic (exact) mass is 378 g/mol. The number of ether oxygens (including phenoxy) is 2. The molecule has 0 radical (unpaired) electrons. The number of allylic oxidation sites excluding steroid dienone is 3. The van der Waals surface area contributed by atoms with Crippen LogP contribution in [0.2, 0.25) is 0 Å². The van der Waals surface area contributed by atoms with Crippen molar-refractivity contribution in [3.63, 3.8) is 0 Å². The molecule has 28 heavy (non-hydrogen) atoms. The Bertz CT molecular complexity index is 911. The molecule has 0 saturated heterocycles. The van der Waals surface area contributed by atoms with Crippen molar-refractivity contribution in [2.75, 3.05) is 0 Å². The lowest BCUT2D eigenvalue weighted by Crippen LogP contribution is -2.10. The van der Waals surface area contributed by atoms with Gasteiger partial charge in [0.25, 0.3) is 0 Å². The number of hydrogen-bond donors (Lipinski definition) is 0. The third-order valence-corrected chi connectivity index (χ3v) is 3.97. The fourth-order valence-electron chi connectivity index (χ4n) is 1.87. The van der Waals surface area contributed by atoms with E-state index >= 15 is 0 Å². The Balaban J connectivity index is 2.65. The summed E-state index contributed by atoms with van der Waals surface area (Å²) in [4.78, 5) is 24.1. The van der Waals surface area contributed by atoms with Crippen molar-refractivity contribution >= 4 is 11.9 Å². The zero-order valence-corrected chi connectivity index (χ0v) is 16.9. The average molecular weight is 378 g/mol. The molecule has 0 aliphatic heterocycles. The maximum absolute atomic E-state index is 12.1. The molecule has 0 spiro atoms. The van der Waals surface area contributed by atoms with Crippen LogP contribution >= 0.6 is 0 Å². The lowest BCUT2D eigenvalue weighted by atomic mass is 10.1. The molecule has 0 heterocycles. The molecule has 0 bridgehead atoms. The van der Waals surface area contributed by atoms with Crippen LogP contribution in [-0.2, 0) is 14.3 Å². The first-order valence-corrected chi connectivity index (χ1v) is 8.62. The number of esters is 2. The fourth-order valence-corrected chi connectivity index (χ4v) is 1.87. The molecule has 4 heteroatoms. The fraction of sp³-hybridized carbons (Fsp3) is 0.167. The topological polar surface area (TPSA) is 52.6 Å². The minimum Gasteiger partial charge on any atom is -0.424 e. The van der Waals surface area contributed by atoms with Crippen LogP contribution in [0, 0.1) is 13.8 Å². The highest BCUT2D eigenvalue weighted by molar-refractivity contribution is 5.95. The summed E-state index contributed by atoms with van der Waals surface area (Å²) in [6.07, 6.45) is 4.30. The molecule has 0 aliphatic rings. The van der Waals surface area contributed by atoms with Gasteiger partial charge in [0.1, 0.15) is 11.5 Å². The van der Waals surface area contributed by atoms with E-state index < -0.39 is 11.9 Å². The van der Waals surface area contributed by atoms with Crippen LogP contribution in [0.25, 0.3) is 0 Å². The number of hydrogen-bond acceptors (Lipinski definition) is 4. The van der Waals surface area contributed by atoms with Gasteiger partial charge in [0.2, 0.25) is 0 Å². The van der Waals surface area contributed by atoms with Gasteiger partial charge in [-0.25, -0.2) is 9.59 Å². The number of aryl methyl sites for hydroxylation is 2. The summed E-state index contributed by atoms with van der Waals surface area (Å²) in [5, 5.41) is 0. The van der Waals surface area contributed by atoms with Crippen LogP contribution in [0.4, 0.5) is 0 Å². The van der Waals surface area contributed by atoms with E-state index in [1.54, 1.807) is 18.2 Å². The maximum Gasteiger partial charge on any atom is 0.342 e. The van der Waals surface area contributed by atoms with Crippen LogP contribution in [0.3, 0.4) is 0 Å². The number of benzene rings is 1. The number of carbonyl (C=O) groups excluding carboxylic acids is 2. The Hall–Kier alpha value is -3.40. The zero-order chi connectivity index (χ0) is 21.4. The normalized spacial score (nSPS) is 11.1. The molecule has 0 saturated carbocycles. The second kappa shape index (κ2) is 10.1. The predicted molar refractivity (Wildman–Crippen MR) is 113 cm³/mol. The third-order valence-electron chi connectivity index (χ3n) is 3.97. The molecule has 0 fully saturated rings. The first-order valence-electron chi connectivity index (χ1n) is 8.62. The molecule has 1 aromatic carbocycles. The molecule has 1 aromatic rings. The summed E-state index contributed by atoms with van der Waals surface area (Å²) in [5.74, 6) is -0.697. The van der Waals surface area contributed by atoms with Gasteiger partial charge in [-0.1, -0.05) is 38.0 Å². The number of carbonyl (C=O) groups is 2. The summed E-state index contributed by atoms with van der Waals surface area (Å²) in [5.41, 5.74) is 3.92. The van der Waals surface area contributed by atoms with Gasteiger partial charge in [-0.05, 0) is 74.8 Å². The quantitative estimate of drug-likeness (QED) is 0.198. The van der Waals surface area contributed by atoms with Crippen LogP contribution < -0.4 is 4.74 Å². The van der Waals surface area contributed by atoms with Crippen molar-refractivity contribution in [1.29, 1.82) is 0 Å². The van der Waals surface area contributed by atoms with E-state index in [1.165, 1.54) is 12.2 Å². The SMILES string of the molecule is C=C(/C=C(/C)C(=C)C)OC(=O)C(=C)/C=C\C(=C)C(=O)Oc1ccc(C)c(C)c1. The highest BCUT2D eigenvalue weighted by atomic mass is 16.5. The van der Waals surface area contributed by atoms with Gasteiger partial charge in [-0.15, -0.1) is 0 Å². The molecule has 0 unspecified atom stereocenters. The minimum absolute atomic E-state index is 0.0441. The van der Waals surface area contributed by atoms with E-state index in [-0.39, 0.29) is 16.9 Å². The molecule has 0 aliphatic carbocycles. The molecule has 0 N–H and O–H groups in total. The molecule has 4 nitrogen and oxygen atoms in total. The van der Waals surface area contributed by atoms with Crippen molar-refractivity contribution in [2.45, 2.75) is 27.7 Å². The van der Waals surface area contributed by atoms with Crippen molar-refractivity contribution in [3.05, 3.63) is 102 Å².